The van der Waals surface area contributed by atoms with Crippen LogP contribution in [0.25, 0.3) is 0 Å². The summed E-state index contributed by atoms with van der Waals surface area (Å²) in [4.78, 5) is 26.4. The van der Waals surface area contributed by atoms with Crippen LogP contribution in [-0.4, -0.2) is 28.5 Å². The molecule has 0 saturated carbocycles. The van der Waals surface area contributed by atoms with Gasteiger partial charge in [0.1, 0.15) is 11.3 Å². The zero-order valence-electron chi connectivity index (χ0n) is 17.4. The number of benzene rings is 3. The number of ether oxygens (including phenoxy) is 1. The monoisotopic (exact) mass is 437 g/mol. The van der Waals surface area contributed by atoms with Gasteiger partial charge in [-0.25, -0.2) is 4.79 Å². The highest BCUT2D eigenvalue weighted by Gasteiger charge is 2.23. The van der Waals surface area contributed by atoms with Crippen LogP contribution in [0.2, 0.25) is 5.02 Å². The zero-order valence-corrected chi connectivity index (χ0v) is 18.2. The fraction of sp³-hybridized carbons (Fsp3) is 0.200. The van der Waals surface area contributed by atoms with E-state index in [2.05, 4.69) is 0 Å². The number of carboxylic acid groups (broad SMARTS) is 1. The van der Waals surface area contributed by atoms with Gasteiger partial charge in [0, 0.05) is 11.6 Å². The van der Waals surface area contributed by atoms with Crippen LogP contribution in [0.15, 0.2) is 72.8 Å². The van der Waals surface area contributed by atoms with Crippen LogP contribution in [-0.2, 0) is 11.3 Å². The lowest BCUT2D eigenvalue weighted by atomic mass is 10.1. The maximum Gasteiger partial charge on any atom is 0.339 e. The van der Waals surface area contributed by atoms with Gasteiger partial charge in [0.2, 0.25) is 0 Å². The molecule has 0 bridgehead atoms. The molecule has 5 nitrogen and oxygen atoms in total. The lowest BCUT2D eigenvalue weighted by molar-refractivity contribution is -0.136. The summed E-state index contributed by atoms with van der Waals surface area (Å²) in [7, 11) is 0. The lowest BCUT2D eigenvalue weighted by Gasteiger charge is -2.30. The molecule has 1 atom stereocenters. The number of nitrogens with zero attached hydrogens (tertiary/aromatic N) is 1. The quantitative estimate of drug-likeness (QED) is 0.504. The summed E-state index contributed by atoms with van der Waals surface area (Å²) in [6.45, 7) is 4.10. The molecule has 0 aliphatic carbocycles. The van der Waals surface area contributed by atoms with Crippen LogP contribution < -0.4 is 4.74 Å². The number of carbonyl (C=O) groups excluding carboxylic acids is 1. The number of hydrogen-bond acceptors (Lipinski definition) is 3. The summed E-state index contributed by atoms with van der Waals surface area (Å²) in [6.07, 6.45) is 0. The Morgan fingerprint density at radius 2 is 1.71 bits per heavy atom. The number of carbonyl (C=O) groups is 2. The minimum atomic E-state index is -1.17. The van der Waals surface area contributed by atoms with Crippen molar-refractivity contribution in [2.24, 2.45) is 0 Å². The first-order chi connectivity index (χ1) is 14.8. The minimum Gasteiger partial charge on any atom is -0.483 e. The van der Waals surface area contributed by atoms with E-state index in [-0.39, 0.29) is 34.9 Å². The maximum atomic E-state index is 13.2. The number of amides is 1. The highest BCUT2D eigenvalue weighted by molar-refractivity contribution is 6.31. The minimum absolute atomic E-state index is 0.0820. The molecule has 3 aromatic rings. The van der Waals surface area contributed by atoms with E-state index in [0.29, 0.717) is 6.54 Å². The number of hydrogen-bond donors (Lipinski definition) is 1. The third kappa shape index (κ3) is 5.86. The molecule has 160 valence electrons. The Morgan fingerprint density at radius 3 is 2.35 bits per heavy atom. The van der Waals surface area contributed by atoms with Crippen molar-refractivity contribution in [1.29, 1.82) is 0 Å². The Hall–Kier alpha value is -3.31. The van der Waals surface area contributed by atoms with Gasteiger partial charge in [-0.05, 0) is 43.2 Å². The van der Waals surface area contributed by atoms with E-state index in [1.165, 1.54) is 18.2 Å². The standard InChI is InChI=1S/C25H24ClNO4/c1-17-8-10-19(11-9-17)15-27(18(2)20-6-4-3-5-7-20)24(28)16-31-23-13-12-21(26)14-22(23)25(29)30/h3-14,18H,15-16H2,1-2H3,(H,29,30)/t18-/m1/s1. The fourth-order valence-corrected chi connectivity index (χ4v) is 3.43. The Kier molecular flexibility index (Phi) is 7.32. The highest BCUT2D eigenvalue weighted by atomic mass is 35.5. The maximum absolute atomic E-state index is 13.2. The summed E-state index contributed by atoms with van der Waals surface area (Å²) in [5, 5.41) is 9.67. The van der Waals surface area contributed by atoms with Gasteiger partial charge in [0.05, 0.1) is 6.04 Å². The third-order valence-electron chi connectivity index (χ3n) is 5.07. The van der Waals surface area contributed by atoms with Crippen LogP contribution in [0.1, 0.15) is 40.0 Å². The molecule has 0 aromatic heterocycles. The van der Waals surface area contributed by atoms with E-state index in [4.69, 9.17) is 16.3 Å². The first kappa shape index (κ1) is 22.4. The predicted octanol–water partition coefficient (Wildman–Crippen LogP) is 5.52. The van der Waals surface area contributed by atoms with Crippen molar-refractivity contribution < 1.29 is 19.4 Å². The summed E-state index contributed by atoms with van der Waals surface area (Å²) >= 11 is 5.89. The van der Waals surface area contributed by atoms with E-state index >= 15 is 0 Å². The first-order valence-electron chi connectivity index (χ1n) is 9.90. The molecule has 0 aliphatic heterocycles. The largest absolute Gasteiger partial charge is 0.483 e. The van der Waals surface area contributed by atoms with Crippen LogP contribution in [0.4, 0.5) is 0 Å². The molecular formula is C25H24ClNO4. The Balaban J connectivity index is 1.82. The molecule has 1 amide bonds. The van der Waals surface area contributed by atoms with Gasteiger partial charge in [-0.1, -0.05) is 71.8 Å². The van der Waals surface area contributed by atoms with Gasteiger partial charge in [0.15, 0.2) is 6.61 Å². The lowest BCUT2D eigenvalue weighted by Crippen LogP contribution is -2.36. The zero-order chi connectivity index (χ0) is 22.4. The smallest absolute Gasteiger partial charge is 0.339 e. The van der Waals surface area contributed by atoms with E-state index in [1.54, 1.807) is 4.90 Å². The van der Waals surface area contributed by atoms with E-state index in [0.717, 1.165) is 16.7 Å². The Bertz CT molecular complexity index is 1050. The molecule has 31 heavy (non-hydrogen) atoms. The topological polar surface area (TPSA) is 66.8 Å². The number of aryl methyl sites for hydroxylation is 1. The van der Waals surface area contributed by atoms with Crippen molar-refractivity contribution in [3.8, 4) is 5.75 Å². The van der Waals surface area contributed by atoms with Crippen molar-refractivity contribution in [3.05, 3.63) is 100 Å². The molecule has 0 saturated heterocycles. The predicted molar refractivity (Wildman–Crippen MR) is 120 cm³/mol. The molecule has 1 N–H and O–H groups in total. The number of aromatic carboxylic acids is 1. The van der Waals surface area contributed by atoms with Crippen molar-refractivity contribution in [2.45, 2.75) is 26.4 Å². The molecule has 0 radical (unpaired) electrons. The van der Waals surface area contributed by atoms with E-state index < -0.39 is 5.97 Å². The molecule has 3 aromatic carbocycles. The summed E-state index contributed by atoms with van der Waals surface area (Å²) in [5.41, 5.74) is 3.06. The molecule has 6 heteroatoms. The molecular weight excluding hydrogens is 414 g/mol. The second-order valence-corrected chi connectivity index (χ2v) is 7.76. The number of rotatable bonds is 8. The van der Waals surface area contributed by atoms with Crippen molar-refractivity contribution in [1.82, 2.24) is 4.90 Å². The normalized spacial score (nSPS) is 11.6. The van der Waals surface area contributed by atoms with Crippen molar-refractivity contribution in [3.63, 3.8) is 0 Å². The molecule has 0 spiro atoms. The third-order valence-corrected chi connectivity index (χ3v) is 5.30. The van der Waals surface area contributed by atoms with Crippen LogP contribution in [0, 0.1) is 6.92 Å². The van der Waals surface area contributed by atoms with Gasteiger partial charge in [-0.3, -0.25) is 4.79 Å². The Labute approximate surface area is 186 Å². The van der Waals surface area contributed by atoms with Gasteiger partial charge in [-0.2, -0.15) is 0 Å². The van der Waals surface area contributed by atoms with Gasteiger partial charge in [0.25, 0.3) is 5.91 Å². The van der Waals surface area contributed by atoms with Crippen LogP contribution in [0.3, 0.4) is 0 Å². The molecule has 0 fully saturated rings. The average molecular weight is 438 g/mol. The molecule has 0 heterocycles. The number of carboxylic acids is 1. The summed E-state index contributed by atoms with van der Waals surface area (Å²) in [6, 6.07) is 21.9. The molecule has 3 rings (SSSR count). The van der Waals surface area contributed by atoms with Gasteiger partial charge in [-0.15, -0.1) is 0 Å². The van der Waals surface area contributed by atoms with Gasteiger partial charge < -0.3 is 14.7 Å². The van der Waals surface area contributed by atoms with E-state index in [9.17, 15) is 14.7 Å². The second kappa shape index (κ2) is 10.1. The van der Waals surface area contributed by atoms with Crippen LogP contribution >= 0.6 is 11.6 Å². The fourth-order valence-electron chi connectivity index (χ4n) is 3.26. The van der Waals surface area contributed by atoms with Crippen molar-refractivity contribution >= 4 is 23.5 Å². The average Bonchev–Trinajstić information content (AvgIpc) is 2.77. The van der Waals surface area contributed by atoms with Crippen molar-refractivity contribution in [2.75, 3.05) is 6.61 Å². The number of halogens is 1. The summed E-state index contributed by atoms with van der Waals surface area (Å²) in [5.74, 6) is -1.31. The van der Waals surface area contributed by atoms with Gasteiger partial charge >= 0.3 is 5.97 Å². The summed E-state index contributed by atoms with van der Waals surface area (Å²) < 4.78 is 5.61. The SMILES string of the molecule is Cc1ccc(CN(C(=O)COc2ccc(Cl)cc2C(=O)O)[C@H](C)c2ccccc2)cc1. The highest BCUT2D eigenvalue weighted by Crippen LogP contribution is 2.25. The first-order valence-corrected chi connectivity index (χ1v) is 10.3. The van der Waals surface area contributed by atoms with Crippen LogP contribution in [0.5, 0.6) is 5.75 Å². The Morgan fingerprint density at radius 1 is 1.03 bits per heavy atom. The second-order valence-electron chi connectivity index (χ2n) is 7.33. The molecule has 0 aliphatic rings. The van der Waals surface area contributed by atoms with E-state index in [1.807, 2.05) is 68.4 Å². The molecule has 0 unspecified atom stereocenters.